The molecule has 0 aliphatic heterocycles. The predicted molar refractivity (Wildman–Crippen MR) is 49.0 cm³/mol. The van der Waals surface area contributed by atoms with Crippen molar-refractivity contribution in [2.45, 2.75) is 6.36 Å². The molecular formula is C7H5BBrF3O. The van der Waals surface area contributed by atoms with Crippen molar-refractivity contribution in [3.8, 4) is 5.75 Å². The Bertz CT molecular complexity index is 313. The number of benzene rings is 1. The van der Waals surface area contributed by atoms with E-state index in [9.17, 15) is 13.2 Å². The second-order valence-corrected chi connectivity index (χ2v) is 3.31. The molecule has 0 unspecified atom stereocenters. The molecule has 0 aliphatic rings. The third kappa shape index (κ3) is 3.30. The van der Waals surface area contributed by atoms with Gasteiger partial charge in [-0.3, -0.25) is 0 Å². The molecule has 0 atom stereocenters. The highest BCUT2D eigenvalue weighted by Gasteiger charge is 2.31. The van der Waals surface area contributed by atoms with E-state index >= 15 is 0 Å². The van der Waals surface area contributed by atoms with E-state index < -0.39 is 6.36 Å². The fraction of sp³-hybridized carbons (Fsp3) is 0.143. The first kappa shape index (κ1) is 10.4. The molecule has 1 rings (SSSR count). The van der Waals surface area contributed by atoms with Crippen LogP contribution in [-0.4, -0.2) is 14.2 Å². The Morgan fingerprint density at radius 3 is 2.38 bits per heavy atom. The molecule has 1 aromatic rings. The normalized spacial score (nSPS) is 11.4. The maximum Gasteiger partial charge on any atom is 0.573 e. The molecule has 0 N–H and O–H groups in total. The topological polar surface area (TPSA) is 9.23 Å². The minimum Gasteiger partial charge on any atom is -0.406 e. The van der Waals surface area contributed by atoms with Crippen LogP contribution in [0.1, 0.15) is 0 Å². The maximum atomic E-state index is 11.7. The Kier molecular flexibility index (Phi) is 2.90. The molecule has 13 heavy (non-hydrogen) atoms. The quantitative estimate of drug-likeness (QED) is 0.690. The second-order valence-electron chi connectivity index (χ2n) is 2.46. The number of hydrogen-bond donors (Lipinski definition) is 0. The van der Waals surface area contributed by atoms with Crippen LogP contribution in [0.4, 0.5) is 13.2 Å². The zero-order chi connectivity index (χ0) is 10.1. The predicted octanol–water partition coefficient (Wildman–Crippen LogP) is 1.61. The van der Waals surface area contributed by atoms with Crippen LogP contribution in [0, 0.1) is 0 Å². The Balaban J connectivity index is 2.86. The first-order chi connectivity index (χ1) is 5.88. The Labute approximate surface area is 82.4 Å². The van der Waals surface area contributed by atoms with E-state index in [-0.39, 0.29) is 5.75 Å². The molecule has 0 spiro atoms. The molecule has 0 aliphatic carbocycles. The monoisotopic (exact) mass is 252 g/mol. The first-order valence-electron chi connectivity index (χ1n) is 3.40. The fourth-order valence-electron chi connectivity index (χ4n) is 0.771. The summed E-state index contributed by atoms with van der Waals surface area (Å²) in [7, 11) is 1.78. The van der Waals surface area contributed by atoms with E-state index in [1.165, 1.54) is 12.1 Å². The van der Waals surface area contributed by atoms with Crippen molar-refractivity contribution < 1.29 is 17.9 Å². The smallest absolute Gasteiger partial charge is 0.406 e. The van der Waals surface area contributed by atoms with Crippen LogP contribution in [0.3, 0.4) is 0 Å². The van der Waals surface area contributed by atoms with Crippen LogP contribution in [0.25, 0.3) is 0 Å². The molecule has 1 nitrogen and oxygen atoms in total. The maximum absolute atomic E-state index is 11.7. The SMILES string of the molecule is Bc1ccc(OC(F)(F)F)cc1Br. The molecule has 0 saturated heterocycles. The van der Waals surface area contributed by atoms with Crippen LogP contribution in [0.15, 0.2) is 22.7 Å². The number of ether oxygens (including phenoxy) is 1. The van der Waals surface area contributed by atoms with Crippen LogP contribution >= 0.6 is 15.9 Å². The van der Waals surface area contributed by atoms with Gasteiger partial charge in [-0.05, 0) is 12.1 Å². The summed E-state index contributed by atoms with van der Waals surface area (Å²) < 4.78 is 39.5. The number of alkyl halides is 3. The van der Waals surface area contributed by atoms with Crippen LogP contribution < -0.4 is 10.2 Å². The number of rotatable bonds is 1. The average Bonchev–Trinajstić information content (AvgIpc) is 1.94. The van der Waals surface area contributed by atoms with E-state index in [4.69, 9.17) is 0 Å². The minimum absolute atomic E-state index is 0.218. The molecule has 1 aromatic carbocycles. The van der Waals surface area contributed by atoms with Gasteiger partial charge in [0.05, 0.1) is 0 Å². The Hall–Kier alpha value is -0.645. The van der Waals surface area contributed by atoms with Gasteiger partial charge >= 0.3 is 6.36 Å². The molecule has 0 saturated carbocycles. The van der Waals surface area contributed by atoms with Gasteiger partial charge in [-0.15, -0.1) is 13.2 Å². The Morgan fingerprint density at radius 2 is 1.92 bits per heavy atom. The third-order valence-electron chi connectivity index (χ3n) is 1.38. The lowest BCUT2D eigenvalue weighted by atomic mass is 9.97. The standard InChI is InChI=1S/C7H5BBrF3O/c8-5-2-1-4(3-6(5)9)13-7(10,11)12/h1-3H,8H2. The van der Waals surface area contributed by atoms with Crippen molar-refractivity contribution >= 4 is 29.2 Å². The summed E-state index contributed by atoms with van der Waals surface area (Å²) in [6.45, 7) is 0. The summed E-state index contributed by atoms with van der Waals surface area (Å²) in [5, 5.41) is 0. The molecule has 0 fully saturated rings. The van der Waals surface area contributed by atoms with Crippen molar-refractivity contribution in [1.29, 1.82) is 0 Å². The van der Waals surface area contributed by atoms with Gasteiger partial charge in [0.25, 0.3) is 0 Å². The third-order valence-corrected chi connectivity index (χ3v) is 2.23. The van der Waals surface area contributed by atoms with Gasteiger partial charge in [0, 0.05) is 4.47 Å². The zero-order valence-corrected chi connectivity index (χ0v) is 8.24. The minimum atomic E-state index is -4.63. The molecule has 0 amide bonds. The van der Waals surface area contributed by atoms with Crippen LogP contribution in [-0.2, 0) is 0 Å². The van der Waals surface area contributed by atoms with Crippen molar-refractivity contribution in [2.24, 2.45) is 0 Å². The molecule has 0 bridgehead atoms. The summed E-state index contributed by atoms with van der Waals surface area (Å²) in [5.41, 5.74) is 0.856. The highest BCUT2D eigenvalue weighted by Crippen LogP contribution is 2.23. The summed E-state index contributed by atoms with van der Waals surface area (Å²) >= 11 is 3.11. The van der Waals surface area contributed by atoms with Gasteiger partial charge < -0.3 is 4.74 Å². The fourth-order valence-corrected chi connectivity index (χ4v) is 1.13. The van der Waals surface area contributed by atoms with Gasteiger partial charge in [-0.25, -0.2) is 0 Å². The molecule has 0 heterocycles. The van der Waals surface area contributed by atoms with E-state index in [1.54, 1.807) is 13.9 Å². The van der Waals surface area contributed by atoms with E-state index in [1.807, 2.05) is 0 Å². The molecule has 6 heteroatoms. The van der Waals surface area contributed by atoms with Gasteiger partial charge in [0.1, 0.15) is 13.6 Å². The van der Waals surface area contributed by atoms with E-state index in [0.717, 1.165) is 5.46 Å². The van der Waals surface area contributed by atoms with Crippen molar-refractivity contribution in [1.82, 2.24) is 0 Å². The summed E-state index contributed by atoms with van der Waals surface area (Å²) in [6, 6.07) is 4.10. The van der Waals surface area contributed by atoms with Crippen molar-refractivity contribution in [3.05, 3.63) is 22.7 Å². The summed E-state index contributed by atoms with van der Waals surface area (Å²) in [4.78, 5) is 0. The van der Waals surface area contributed by atoms with Gasteiger partial charge in [0.2, 0.25) is 0 Å². The molecule has 0 aromatic heterocycles. The lowest BCUT2D eigenvalue weighted by molar-refractivity contribution is -0.274. The van der Waals surface area contributed by atoms with Crippen molar-refractivity contribution in [2.75, 3.05) is 0 Å². The largest absolute Gasteiger partial charge is 0.573 e. The van der Waals surface area contributed by atoms with E-state index in [0.29, 0.717) is 4.47 Å². The number of halogens is 4. The molecule has 70 valence electrons. The van der Waals surface area contributed by atoms with E-state index in [2.05, 4.69) is 20.7 Å². The van der Waals surface area contributed by atoms with Crippen LogP contribution in [0.5, 0.6) is 5.75 Å². The Morgan fingerprint density at radius 1 is 1.31 bits per heavy atom. The molecule has 0 radical (unpaired) electrons. The summed E-state index contributed by atoms with van der Waals surface area (Å²) in [6.07, 6.45) is -4.63. The summed E-state index contributed by atoms with van der Waals surface area (Å²) in [5.74, 6) is -0.218. The van der Waals surface area contributed by atoms with Crippen molar-refractivity contribution in [3.63, 3.8) is 0 Å². The zero-order valence-electron chi connectivity index (χ0n) is 6.65. The lowest BCUT2D eigenvalue weighted by Crippen LogP contribution is -2.17. The first-order valence-corrected chi connectivity index (χ1v) is 4.20. The van der Waals surface area contributed by atoms with Gasteiger partial charge in [0.15, 0.2) is 0 Å². The lowest BCUT2D eigenvalue weighted by Gasteiger charge is -2.09. The van der Waals surface area contributed by atoms with Gasteiger partial charge in [-0.1, -0.05) is 27.5 Å². The average molecular weight is 253 g/mol. The highest BCUT2D eigenvalue weighted by molar-refractivity contribution is 9.10. The van der Waals surface area contributed by atoms with Crippen LogP contribution in [0.2, 0.25) is 0 Å². The number of hydrogen-bond acceptors (Lipinski definition) is 1. The molecular weight excluding hydrogens is 248 g/mol. The second kappa shape index (κ2) is 3.61. The van der Waals surface area contributed by atoms with Gasteiger partial charge in [-0.2, -0.15) is 0 Å². The highest BCUT2D eigenvalue weighted by atomic mass is 79.9.